The average Bonchev–Trinajstić information content (AvgIpc) is 2.89. The van der Waals surface area contributed by atoms with E-state index in [2.05, 4.69) is 69.4 Å². The molecular formula is C27H27N5O. The fourth-order valence-corrected chi connectivity index (χ4v) is 4.91. The minimum atomic E-state index is 0.175. The molecule has 2 aromatic carbocycles. The molecule has 0 spiro atoms. The van der Waals surface area contributed by atoms with E-state index in [1.54, 1.807) is 18.3 Å². The van der Waals surface area contributed by atoms with Crippen molar-refractivity contribution in [3.8, 4) is 6.07 Å². The Morgan fingerprint density at radius 2 is 1.73 bits per heavy atom. The molecule has 0 bridgehead atoms. The second-order valence-electron chi connectivity index (χ2n) is 8.69. The van der Waals surface area contributed by atoms with Gasteiger partial charge in [-0.2, -0.15) is 5.26 Å². The van der Waals surface area contributed by atoms with Crippen LogP contribution in [-0.2, 0) is 11.3 Å². The van der Waals surface area contributed by atoms with Crippen LogP contribution in [-0.4, -0.2) is 60.0 Å². The third kappa shape index (κ3) is 4.46. The van der Waals surface area contributed by atoms with Crippen molar-refractivity contribution in [2.45, 2.75) is 12.5 Å². The molecule has 0 radical (unpaired) electrons. The number of hydrogen-bond donors (Lipinski definition) is 0. The quantitative estimate of drug-likeness (QED) is 0.627. The molecule has 1 aromatic heterocycles. The zero-order valence-corrected chi connectivity index (χ0v) is 18.6. The lowest BCUT2D eigenvalue weighted by Gasteiger charge is -2.38. The number of hydrogen-bond acceptors (Lipinski definition) is 5. The Morgan fingerprint density at radius 1 is 0.970 bits per heavy atom. The van der Waals surface area contributed by atoms with Gasteiger partial charge in [0.05, 0.1) is 12.1 Å². The highest BCUT2D eigenvalue weighted by molar-refractivity contribution is 5.79. The Balaban J connectivity index is 1.25. The fourth-order valence-electron chi connectivity index (χ4n) is 4.91. The van der Waals surface area contributed by atoms with E-state index in [1.807, 2.05) is 11.0 Å². The number of carbonyl (C=O) groups is 1. The van der Waals surface area contributed by atoms with Crippen molar-refractivity contribution < 1.29 is 4.79 Å². The van der Waals surface area contributed by atoms with Crippen molar-refractivity contribution in [2.24, 2.45) is 0 Å². The number of nitriles is 1. The first-order valence-corrected chi connectivity index (χ1v) is 11.5. The monoisotopic (exact) mass is 437 g/mol. The third-order valence-corrected chi connectivity index (χ3v) is 6.69. The molecular weight excluding hydrogens is 410 g/mol. The Labute approximate surface area is 194 Å². The highest BCUT2D eigenvalue weighted by Gasteiger charge is 2.30. The highest BCUT2D eigenvalue weighted by Crippen LogP contribution is 2.33. The molecule has 33 heavy (non-hydrogen) atoms. The molecule has 6 heteroatoms. The number of benzene rings is 2. The summed E-state index contributed by atoms with van der Waals surface area (Å²) in [5, 5.41) is 9.36. The van der Waals surface area contributed by atoms with Gasteiger partial charge in [0.25, 0.3) is 0 Å². The van der Waals surface area contributed by atoms with Crippen LogP contribution in [0.15, 0.2) is 72.9 Å². The minimum Gasteiger partial charge on any atom is -0.353 e. The van der Waals surface area contributed by atoms with Gasteiger partial charge >= 0.3 is 0 Å². The Bertz CT molecular complexity index is 1160. The summed E-state index contributed by atoms with van der Waals surface area (Å²) in [6.45, 7) is 4.87. The highest BCUT2D eigenvalue weighted by atomic mass is 16.2. The number of carbonyl (C=O) groups excluding carboxylic acids is 1. The molecule has 3 heterocycles. The van der Waals surface area contributed by atoms with Crippen LogP contribution in [0.25, 0.3) is 0 Å². The number of aromatic nitrogens is 1. The first-order chi connectivity index (χ1) is 16.2. The van der Waals surface area contributed by atoms with Gasteiger partial charge < -0.3 is 9.80 Å². The van der Waals surface area contributed by atoms with E-state index < -0.39 is 0 Å². The largest absolute Gasteiger partial charge is 0.353 e. The van der Waals surface area contributed by atoms with Crippen LogP contribution in [0.1, 0.15) is 28.2 Å². The molecule has 0 saturated carbocycles. The summed E-state index contributed by atoms with van der Waals surface area (Å²) < 4.78 is 0. The summed E-state index contributed by atoms with van der Waals surface area (Å²) in [6.07, 6.45) is 1.73. The normalized spacial score (nSPS) is 18.5. The lowest BCUT2D eigenvalue weighted by molar-refractivity contribution is -0.133. The van der Waals surface area contributed by atoms with Crippen LogP contribution in [0.2, 0.25) is 0 Å². The van der Waals surface area contributed by atoms with Crippen LogP contribution in [0.5, 0.6) is 0 Å². The van der Waals surface area contributed by atoms with Gasteiger partial charge in [0.1, 0.15) is 11.9 Å². The van der Waals surface area contributed by atoms with Gasteiger partial charge in [0.15, 0.2) is 0 Å². The first kappa shape index (κ1) is 21.2. The molecule has 1 fully saturated rings. The Kier molecular flexibility index (Phi) is 6.05. The lowest BCUT2D eigenvalue weighted by atomic mass is 9.84. The topological polar surface area (TPSA) is 63.5 Å². The van der Waals surface area contributed by atoms with Crippen molar-refractivity contribution in [2.75, 3.05) is 44.2 Å². The van der Waals surface area contributed by atoms with Crippen LogP contribution in [0, 0.1) is 11.3 Å². The number of fused-ring (bicyclic) bond motifs is 1. The number of pyridine rings is 1. The molecule has 1 unspecified atom stereocenters. The molecule has 1 saturated heterocycles. The second kappa shape index (κ2) is 9.43. The van der Waals surface area contributed by atoms with Gasteiger partial charge in [0.2, 0.25) is 5.91 Å². The third-order valence-electron chi connectivity index (χ3n) is 6.69. The molecule has 5 rings (SSSR count). The number of amides is 1. The fraction of sp³-hybridized carbons (Fsp3) is 0.296. The van der Waals surface area contributed by atoms with Gasteiger partial charge in [-0.3, -0.25) is 9.69 Å². The molecule has 0 aliphatic carbocycles. The molecule has 6 nitrogen and oxygen atoms in total. The minimum absolute atomic E-state index is 0.175. The van der Waals surface area contributed by atoms with E-state index in [0.29, 0.717) is 25.2 Å². The predicted molar refractivity (Wildman–Crippen MR) is 128 cm³/mol. The Morgan fingerprint density at radius 3 is 2.52 bits per heavy atom. The number of piperazine rings is 1. The van der Waals surface area contributed by atoms with Crippen LogP contribution >= 0.6 is 0 Å². The summed E-state index contributed by atoms with van der Waals surface area (Å²) in [6, 6.07) is 24.8. The van der Waals surface area contributed by atoms with E-state index in [9.17, 15) is 10.1 Å². The summed E-state index contributed by atoms with van der Waals surface area (Å²) in [4.78, 5) is 24.1. The maximum atomic E-state index is 13.3. The summed E-state index contributed by atoms with van der Waals surface area (Å²) in [5.41, 5.74) is 4.40. The van der Waals surface area contributed by atoms with Crippen molar-refractivity contribution in [1.82, 2.24) is 14.8 Å². The van der Waals surface area contributed by atoms with E-state index in [-0.39, 0.29) is 11.8 Å². The number of anilines is 1. The molecule has 2 aliphatic heterocycles. The van der Waals surface area contributed by atoms with Crippen molar-refractivity contribution >= 4 is 11.7 Å². The number of rotatable bonds is 4. The maximum Gasteiger partial charge on any atom is 0.237 e. The summed E-state index contributed by atoms with van der Waals surface area (Å²) >= 11 is 0. The van der Waals surface area contributed by atoms with E-state index in [0.717, 1.165) is 32.0 Å². The molecule has 0 N–H and O–H groups in total. The molecule has 3 aromatic rings. The lowest BCUT2D eigenvalue weighted by Crippen LogP contribution is -2.51. The van der Waals surface area contributed by atoms with Gasteiger partial charge in [-0.05, 0) is 28.8 Å². The van der Waals surface area contributed by atoms with Crippen molar-refractivity contribution in [3.05, 3.63) is 95.2 Å². The van der Waals surface area contributed by atoms with Gasteiger partial charge in [-0.1, -0.05) is 54.6 Å². The molecule has 1 atom stereocenters. The van der Waals surface area contributed by atoms with E-state index >= 15 is 0 Å². The SMILES string of the molecule is N#Cc1cccnc1N1CCN(CC(=O)N2Cc3ccccc3C(c3ccccc3)C2)CC1. The van der Waals surface area contributed by atoms with Crippen LogP contribution in [0.4, 0.5) is 5.82 Å². The molecule has 2 aliphatic rings. The molecule has 1 amide bonds. The molecule has 166 valence electrons. The smallest absolute Gasteiger partial charge is 0.237 e. The zero-order chi connectivity index (χ0) is 22.6. The first-order valence-electron chi connectivity index (χ1n) is 11.5. The van der Waals surface area contributed by atoms with Gasteiger partial charge in [0, 0.05) is 51.4 Å². The van der Waals surface area contributed by atoms with Crippen molar-refractivity contribution in [1.29, 1.82) is 5.26 Å². The second-order valence-corrected chi connectivity index (χ2v) is 8.69. The van der Waals surface area contributed by atoms with Gasteiger partial charge in [-0.15, -0.1) is 0 Å². The van der Waals surface area contributed by atoms with E-state index in [4.69, 9.17) is 0 Å². The van der Waals surface area contributed by atoms with Crippen LogP contribution in [0.3, 0.4) is 0 Å². The van der Waals surface area contributed by atoms with E-state index in [1.165, 1.54) is 16.7 Å². The Hall–Kier alpha value is -3.69. The summed E-state index contributed by atoms with van der Waals surface area (Å²) in [7, 11) is 0. The average molecular weight is 438 g/mol. The predicted octanol–water partition coefficient (Wildman–Crippen LogP) is 3.25. The van der Waals surface area contributed by atoms with Crippen LogP contribution < -0.4 is 4.90 Å². The standard InChI is InChI=1S/C27H27N5O/c28-17-22-10-6-12-29-27(22)31-15-13-30(14-16-31)20-26(33)32-18-23-9-4-5-11-24(23)25(19-32)21-7-2-1-3-8-21/h1-12,25H,13-16,18-20H2. The summed E-state index contributed by atoms with van der Waals surface area (Å²) in [5.74, 6) is 1.12. The zero-order valence-electron chi connectivity index (χ0n) is 18.6. The maximum absolute atomic E-state index is 13.3. The number of nitrogens with zero attached hydrogens (tertiary/aromatic N) is 5. The van der Waals surface area contributed by atoms with Gasteiger partial charge in [-0.25, -0.2) is 4.98 Å². The van der Waals surface area contributed by atoms with Crippen molar-refractivity contribution in [3.63, 3.8) is 0 Å².